The van der Waals surface area contributed by atoms with Gasteiger partial charge in [-0.2, -0.15) is 0 Å². The monoisotopic (exact) mass is 208 g/mol. The Hall–Kier alpha value is -1.85. The van der Waals surface area contributed by atoms with Crippen LogP contribution < -0.4 is 10.6 Å². The van der Waals surface area contributed by atoms with Crippen LogP contribution in [0, 0.1) is 10.1 Å². The van der Waals surface area contributed by atoms with Crippen molar-refractivity contribution < 1.29 is 4.92 Å². The highest BCUT2D eigenvalue weighted by atomic mass is 16.6. The first-order valence-corrected chi connectivity index (χ1v) is 4.73. The number of hydrogen-bond acceptors (Lipinski definition) is 5. The Morgan fingerprint density at radius 1 is 1.60 bits per heavy atom. The third kappa shape index (κ3) is 1.83. The number of nitrogens with two attached hydrogens (primary N) is 1. The summed E-state index contributed by atoms with van der Waals surface area (Å²) in [7, 11) is 1.92. The maximum atomic E-state index is 10.5. The van der Waals surface area contributed by atoms with Crippen LogP contribution in [0.5, 0.6) is 0 Å². The first-order valence-electron chi connectivity index (χ1n) is 4.73. The normalized spacial score (nSPS) is 15.0. The molecule has 15 heavy (non-hydrogen) atoms. The lowest BCUT2D eigenvalue weighted by molar-refractivity contribution is -0.384. The molecule has 0 spiro atoms. The van der Waals surface area contributed by atoms with Gasteiger partial charge in [0.1, 0.15) is 5.82 Å². The summed E-state index contributed by atoms with van der Waals surface area (Å²) in [5.41, 5.74) is 5.37. The molecule has 0 bridgehead atoms. The highest BCUT2D eigenvalue weighted by Crippen LogP contribution is 2.31. The summed E-state index contributed by atoms with van der Waals surface area (Å²) in [4.78, 5) is 16.0. The predicted octanol–water partition coefficient (Wildman–Crippen LogP) is 1.17. The van der Waals surface area contributed by atoms with Gasteiger partial charge < -0.3 is 10.6 Å². The third-order valence-corrected chi connectivity index (χ3v) is 2.54. The van der Waals surface area contributed by atoms with Crippen molar-refractivity contribution >= 4 is 17.3 Å². The van der Waals surface area contributed by atoms with E-state index in [1.807, 2.05) is 11.9 Å². The van der Waals surface area contributed by atoms with Gasteiger partial charge in [0.15, 0.2) is 0 Å². The highest BCUT2D eigenvalue weighted by molar-refractivity contribution is 5.58. The Labute approximate surface area is 86.9 Å². The molecule has 0 unspecified atom stereocenters. The third-order valence-electron chi connectivity index (χ3n) is 2.54. The number of pyridine rings is 1. The van der Waals surface area contributed by atoms with Crippen molar-refractivity contribution in [2.75, 3.05) is 17.7 Å². The van der Waals surface area contributed by atoms with Crippen LogP contribution in [0.15, 0.2) is 12.1 Å². The molecule has 1 fully saturated rings. The van der Waals surface area contributed by atoms with Gasteiger partial charge in [-0.15, -0.1) is 0 Å². The minimum absolute atomic E-state index is 0.0231. The van der Waals surface area contributed by atoms with Crippen LogP contribution in [0.2, 0.25) is 0 Å². The van der Waals surface area contributed by atoms with E-state index in [4.69, 9.17) is 5.73 Å². The van der Waals surface area contributed by atoms with Crippen LogP contribution in [-0.4, -0.2) is 23.0 Å². The van der Waals surface area contributed by atoms with E-state index in [1.54, 1.807) is 6.07 Å². The number of nitro groups is 1. The average molecular weight is 208 g/mol. The van der Waals surface area contributed by atoms with Crippen molar-refractivity contribution in [2.45, 2.75) is 18.9 Å². The Morgan fingerprint density at radius 3 is 2.73 bits per heavy atom. The minimum atomic E-state index is -0.525. The largest absolute Gasteiger partial charge is 0.378 e. The van der Waals surface area contributed by atoms with Crippen molar-refractivity contribution in [3.63, 3.8) is 0 Å². The highest BCUT2D eigenvalue weighted by Gasteiger charge is 2.27. The summed E-state index contributed by atoms with van der Waals surface area (Å²) < 4.78 is 0. The molecule has 0 saturated heterocycles. The Bertz CT molecular complexity index is 403. The molecule has 1 aromatic heterocycles. The standard InChI is InChI=1S/C9H12N4O2/c1-12(6-2-3-6)8-5-4-7(13(14)15)9(10)11-8/h4-6H,2-3H2,1H3,(H2,10,11). The lowest BCUT2D eigenvalue weighted by atomic mass is 10.3. The van der Waals surface area contributed by atoms with Gasteiger partial charge in [-0.3, -0.25) is 10.1 Å². The molecular weight excluding hydrogens is 196 g/mol. The molecule has 6 heteroatoms. The quantitative estimate of drug-likeness (QED) is 0.595. The lowest BCUT2D eigenvalue weighted by Crippen LogP contribution is -2.21. The van der Waals surface area contributed by atoms with E-state index in [-0.39, 0.29) is 11.5 Å². The van der Waals surface area contributed by atoms with Gasteiger partial charge in [0.25, 0.3) is 0 Å². The molecule has 1 saturated carbocycles. The fourth-order valence-electron chi connectivity index (χ4n) is 1.46. The van der Waals surface area contributed by atoms with Crippen molar-refractivity contribution in [3.8, 4) is 0 Å². The van der Waals surface area contributed by atoms with E-state index < -0.39 is 4.92 Å². The minimum Gasteiger partial charge on any atom is -0.378 e. The van der Waals surface area contributed by atoms with E-state index in [0.29, 0.717) is 11.9 Å². The van der Waals surface area contributed by atoms with Gasteiger partial charge in [0.2, 0.25) is 5.82 Å². The smallest absolute Gasteiger partial charge is 0.311 e. The number of nitrogens with zero attached hydrogens (tertiary/aromatic N) is 3. The van der Waals surface area contributed by atoms with Gasteiger partial charge in [-0.05, 0) is 18.9 Å². The molecule has 0 radical (unpaired) electrons. The number of rotatable bonds is 3. The van der Waals surface area contributed by atoms with Gasteiger partial charge in [0, 0.05) is 19.2 Å². The molecule has 0 atom stereocenters. The van der Waals surface area contributed by atoms with E-state index >= 15 is 0 Å². The van der Waals surface area contributed by atoms with Gasteiger partial charge in [0.05, 0.1) is 4.92 Å². The zero-order valence-electron chi connectivity index (χ0n) is 8.38. The number of hydrogen-bond donors (Lipinski definition) is 1. The number of anilines is 2. The molecule has 1 aliphatic carbocycles. The Kier molecular flexibility index (Phi) is 2.18. The lowest BCUT2D eigenvalue weighted by Gasteiger charge is -2.17. The fourth-order valence-corrected chi connectivity index (χ4v) is 1.46. The van der Waals surface area contributed by atoms with Crippen molar-refractivity contribution in [2.24, 2.45) is 0 Å². The van der Waals surface area contributed by atoms with Crippen LogP contribution >= 0.6 is 0 Å². The van der Waals surface area contributed by atoms with Crippen molar-refractivity contribution in [1.82, 2.24) is 4.98 Å². The second-order valence-electron chi connectivity index (χ2n) is 3.67. The average Bonchev–Trinajstić information content (AvgIpc) is 2.99. The summed E-state index contributed by atoms with van der Waals surface area (Å²) in [6.07, 6.45) is 2.30. The first-order chi connectivity index (χ1) is 7.09. The van der Waals surface area contributed by atoms with Gasteiger partial charge in [-0.1, -0.05) is 0 Å². The van der Waals surface area contributed by atoms with Crippen LogP contribution in [0.1, 0.15) is 12.8 Å². The zero-order valence-corrected chi connectivity index (χ0v) is 8.38. The summed E-state index contributed by atoms with van der Waals surface area (Å²) in [6, 6.07) is 3.54. The van der Waals surface area contributed by atoms with E-state index in [2.05, 4.69) is 4.98 Å². The summed E-state index contributed by atoms with van der Waals surface area (Å²) in [5, 5.41) is 10.5. The Morgan fingerprint density at radius 2 is 2.27 bits per heavy atom. The zero-order chi connectivity index (χ0) is 11.0. The Balaban J connectivity index is 2.28. The number of nitrogen functional groups attached to an aromatic ring is 1. The van der Waals surface area contributed by atoms with E-state index in [9.17, 15) is 10.1 Å². The molecule has 0 aliphatic heterocycles. The molecule has 1 heterocycles. The first kappa shape index (κ1) is 9.70. The molecule has 0 amide bonds. The maximum absolute atomic E-state index is 10.5. The van der Waals surface area contributed by atoms with Gasteiger partial charge >= 0.3 is 5.69 Å². The summed E-state index contributed by atoms with van der Waals surface area (Å²) in [6.45, 7) is 0. The maximum Gasteiger partial charge on any atom is 0.311 e. The molecule has 1 aliphatic rings. The molecule has 2 N–H and O–H groups in total. The van der Waals surface area contributed by atoms with Gasteiger partial charge in [-0.25, -0.2) is 4.98 Å². The van der Waals surface area contributed by atoms with E-state index in [1.165, 1.54) is 6.07 Å². The van der Waals surface area contributed by atoms with Crippen LogP contribution in [0.3, 0.4) is 0 Å². The van der Waals surface area contributed by atoms with E-state index in [0.717, 1.165) is 12.8 Å². The predicted molar refractivity (Wildman–Crippen MR) is 56.7 cm³/mol. The molecular formula is C9H12N4O2. The molecule has 80 valence electrons. The van der Waals surface area contributed by atoms with Crippen LogP contribution in [0.25, 0.3) is 0 Å². The van der Waals surface area contributed by atoms with Crippen molar-refractivity contribution in [3.05, 3.63) is 22.2 Å². The van der Waals surface area contributed by atoms with Crippen LogP contribution in [0.4, 0.5) is 17.3 Å². The second kappa shape index (κ2) is 3.38. The molecule has 2 rings (SSSR count). The van der Waals surface area contributed by atoms with Crippen molar-refractivity contribution in [1.29, 1.82) is 0 Å². The molecule has 0 aromatic carbocycles. The number of aromatic nitrogens is 1. The summed E-state index contributed by atoms with van der Waals surface area (Å²) in [5.74, 6) is 0.672. The topological polar surface area (TPSA) is 85.3 Å². The van der Waals surface area contributed by atoms with Crippen LogP contribution in [-0.2, 0) is 0 Å². The summed E-state index contributed by atoms with van der Waals surface area (Å²) >= 11 is 0. The molecule has 6 nitrogen and oxygen atoms in total. The SMILES string of the molecule is CN(c1ccc([N+](=O)[O-])c(N)n1)C1CC1. The fraction of sp³-hybridized carbons (Fsp3) is 0.444. The molecule has 1 aromatic rings. The second-order valence-corrected chi connectivity index (χ2v) is 3.67.